The second-order valence-corrected chi connectivity index (χ2v) is 11.5. The molecule has 12 nitrogen and oxygen atoms in total. The third kappa shape index (κ3) is 5.87. The van der Waals surface area contributed by atoms with Crippen LogP contribution in [0.4, 0.5) is 5.95 Å². The van der Waals surface area contributed by atoms with Gasteiger partial charge in [-0.15, -0.1) is 5.92 Å². The van der Waals surface area contributed by atoms with Gasteiger partial charge in [-0.3, -0.25) is 18.5 Å². The molecule has 5 heterocycles. The van der Waals surface area contributed by atoms with Crippen LogP contribution in [0, 0.1) is 11.8 Å². The standard InChI is InChI=1S/C31H39N9O3/c1-3-4-17-39-25-27(34-30(39)38-16-8-12-24(32)21-38)36(2)31(42)40(29(25)41)18-9-15-37-19-13-23(14-20-37)28-33-26(35-43-28)22-10-6-5-7-11-22/h5-7,10-11,23-24H,8-9,12-21,32H2,1-2H3/t24-/m1/s1. The zero-order valence-electron chi connectivity index (χ0n) is 24.9. The van der Waals surface area contributed by atoms with Crippen molar-refractivity contribution in [2.45, 2.75) is 64.1 Å². The fourth-order valence-corrected chi connectivity index (χ4v) is 6.26. The minimum Gasteiger partial charge on any atom is -0.341 e. The Morgan fingerprint density at radius 3 is 2.56 bits per heavy atom. The molecule has 12 heteroatoms. The molecule has 6 rings (SSSR count). The molecule has 0 bridgehead atoms. The molecule has 0 amide bonds. The van der Waals surface area contributed by atoms with Crippen LogP contribution in [-0.2, 0) is 20.1 Å². The monoisotopic (exact) mass is 585 g/mol. The molecule has 0 spiro atoms. The summed E-state index contributed by atoms with van der Waals surface area (Å²) in [6.07, 6.45) is 4.44. The fraction of sp³-hybridized carbons (Fsp3) is 0.516. The van der Waals surface area contributed by atoms with E-state index in [0.717, 1.165) is 57.4 Å². The number of fused-ring (bicyclic) bond motifs is 1. The summed E-state index contributed by atoms with van der Waals surface area (Å²) in [6, 6.07) is 9.89. The van der Waals surface area contributed by atoms with Gasteiger partial charge in [-0.25, -0.2) is 4.79 Å². The molecule has 2 aliphatic rings. The molecule has 2 saturated heterocycles. The van der Waals surface area contributed by atoms with E-state index in [2.05, 4.69) is 31.8 Å². The third-order valence-corrected chi connectivity index (χ3v) is 8.63. The van der Waals surface area contributed by atoms with Crippen molar-refractivity contribution in [1.29, 1.82) is 0 Å². The molecule has 2 fully saturated rings. The molecule has 0 aliphatic carbocycles. The molecule has 1 aromatic carbocycles. The molecule has 226 valence electrons. The summed E-state index contributed by atoms with van der Waals surface area (Å²) in [5.74, 6) is 8.20. The van der Waals surface area contributed by atoms with E-state index in [0.29, 0.717) is 54.9 Å². The predicted octanol–water partition coefficient (Wildman–Crippen LogP) is 2.17. The lowest BCUT2D eigenvalue weighted by Gasteiger charge is -2.31. The van der Waals surface area contributed by atoms with Crippen LogP contribution in [0.5, 0.6) is 0 Å². The fourth-order valence-electron chi connectivity index (χ4n) is 6.26. The molecular formula is C31H39N9O3. The first-order valence-electron chi connectivity index (χ1n) is 15.2. The number of nitrogens with two attached hydrogens (primary N) is 1. The zero-order valence-corrected chi connectivity index (χ0v) is 24.9. The van der Waals surface area contributed by atoms with E-state index in [4.69, 9.17) is 15.2 Å². The highest BCUT2D eigenvalue weighted by atomic mass is 16.5. The Bertz CT molecular complexity index is 1750. The van der Waals surface area contributed by atoms with E-state index in [1.807, 2.05) is 34.9 Å². The van der Waals surface area contributed by atoms with Crippen LogP contribution in [0.2, 0.25) is 0 Å². The number of hydrogen-bond acceptors (Lipinski definition) is 9. The van der Waals surface area contributed by atoms with Crippen LogP contribution < -0.4 is 21.9 Å². The first-order valence-corrected chi connectivity index (χ1v) is 15.2. The van der Waals surface area contributed by atoms with Gasteiger partial charge in [-0.1, -0.05) is 41.4 Å². The van der Waals surface area contributed by atoms with E-state index in [9.17, 15) is 9.59 Å². The van der Waals surface area contributed by atoms with Crippen molar-refractivity contribution < 1.29 is 4.52 Å². The second kappa shape index (κ2) is 12.6. The number of likely N-dealkylation sites (tertiary alicyclic amines) is 1. The molecule has 2 aliphatic heterocycles. The maximum absolute atomic E-state index is 13.8. The number of aryl methyl sites for hydroxylation is 1. The van der Waals surface area contributed by atoms with Crippen LogP contribution in [-0.4, -0.2) is 72.5 Å². The SMILES string of the molecule is CC#CCn1c(N2CCC[C@@H](N)C2)nc2c1c(=O)n(CCCN1CCC(c3nc(-c4ccccc4)no3)CC1)c(=O)n2C. The zero-order chi connectivity index (χ0) is 29.9. The van der Waals surface area contributed by atoms with Crippen LogP contribution in [0.25, 0.3) is 22.6 Å². The molecule has 43 heavy (non-hydrogen) atoms. The quantitative estimate of drug-likeness (QED) is 0.309. The summed E-state index contributed by atoms with van der Waals surface area (Å²) in [7, 11) is 1.68. The molecule has 0 saturated carbocycles. The summed E-state index contributed by atoms with van der Waals surface area (Å²) in [4.78, 5) is 41.0. The first-order chi connectivity index (χ1) is 20.9. The Morgan fingerprint density at radius 1 is 1.02 bits per heavy atom. The van der Waals surface area contributed by atoms with Gasteiger partial charge in [0.1, 0.15) is 0 Å². The largest absolute Gasteiger partial charge is 0.341 e. The van der Waals surface area contributed by atoms with Crippen molar-refractivity contribution in [2.75, 3.05) is 37.6 Å². The summed E-state index contributed by atoms with van der Waals surface area (Å²) < 4.78 is 10.3. The normalized spacial score (nSPS) is 18.2. The van der Waals surface area contributed by atoms with E-state index >= 15 is 0 Å². The number of aromatic nitrogens is 6. The molecular weight excluding hydrogens is 546 g/mol. The highest BCUT2D eigenvalue weighted by Crippen LogP contribution is 2.28. The number of piperidine rings is 2. The van der Waals surface area contributed by atoms with Crippen molar-refractivity contribution >= 4 is 17.1 Å². The molecule has 4 aromatic rings. The topological polar surface area (TPSA) is 133 Å². The van der Waals surface area contributed by atoms with Crippen molar-refractivity contribution in [3.8, 4) is 23.2 Å². The van der Waals surface area contributed by atoms with Crippen molar-refractivity contribution in [1.82, 2.24) is 33.7 Å². The summed E-state index contributed by atoms with van der Waals surface area (Å²) in [5.41, 5.74) is 7.32. The smallest absolute Gasteiger partial charge is 0.332 e. The lowest BCUT2D eigenvalue weighted by Crippen LogP contribution is -2.44. The number of rotatable bonds is 8. The highest BCUT2D eigenvalue weighted by Gasteiger charge is 2.27. The van der Waals surface area contributed by atoms with Gasteiger partial charge in [-0.2, -0.15) is 9.97 Å². The van der Waals surface area contributed by atoms with E-state index in [1.54, 1.807) is 14.0 Å². The van der Waals surface area contributed by atoms with Gasteiger partial charge in [0.2, 0.25) is 17.7 Å². The Kier molecular flexibility index (Phi) is 8.44. The molecule has 0 unspecified atom stereocenters. The first kappa shape index (κ1) is 28.9. The minimum absolute atomic E-state index is 0.0450. The summed E-state index contributed by atoms with van der Waals surface area (Å²) >= 11 is 0. The average molecular weight is 586 g/mol. The van der Waals surface area contributed by atoms with Gasteiger partial charge in [-0.05, 0) is 58.7 Å². The van der Waals surface area contributed by atoms with Crippen LogP contribution in [0.1, 0.15) is 50.8 Å². The number of imidazole rings is 1. The number of benzene rings is 1. The maximum Gasteiger partial charge on any atom is 0.332 e. The molecule has 1 atom stereocenters. The molecule has 0 radical (unpaired) electrons. The van der Waals surface area contributed by atoms with E-state index in [1.165, 1.54) is 9.13 Å². The summed E-state index contributed by atoms with van der Waals surface area (Å²) in [6.45, 7) is 6.46. The lowest BCUT2D eigenvalue weighted by molar-refractivity contribution is 0.190. The van der Waals surface area contributed by atoms with E-state index in [-0.39, 0.29) is 23.2 Å². The molecule has 2 N–H and O–H groups in total. The third-order valence-electron chi connectivity index (χ3n) is 8.63. The van der Waals surface area contributed by atoms with Gasteiger partial charge >= 0.3 is 5.69 Å². The second-order valence-electron chi connectivity index (χ2n) is 11.5. The Labute approximate surface area is 250 Å². The minimum atomic E-state index is -0.352. The van der Waals surface area contributed by atoms with Crippen molar-refractivity contribution in [2.24, 2.45) is 12.8 Å². The van der Waals surface area contributed by atoms with Crippen LogP contribution in [0.15, 0.2) is 44.4 Å². The highest BCUT2D eigenvalue weighted by molar-refractivity contribution is 5.75. The molecule has 3 aromatic heterocycles. The Morgan fingerprint density at radius 2 is 1.81 bits per heavy atom. The Hall–Kier alpha value is -4.21. The van der Waals surface area contributed by atoms with Crippen molar-refractivity contribution in [3.05, 3.63) is 57.1 Å². The van der Waals surface area contributed by atoms with Gasteiger partial charge in [0.05, 0.1) is 6.54 Å². The van der Waals surface area contributed by atoms with Gasteiger partial charge in [0, 0.05) is 44.2 Å². The van der Waals surface area contributed by atoms with Gasteiger partial charge in [0.25, 0.3) is 5.56 Å². The van der Waals surface area contributed by atoms with Gasteiger partial charge in [0.15, 0.2) is 11.2 Å². The predicted molar refractivity (Wildman–Crippen MR) is 165 cm³/mol. The lowest BCUT2D eigenvalue weighted by atomic mass is 9.96. The maximum atomic E-state index is 13.8. The van der Waals surface area contributed by atoms with E-state index < -0.39 is 0 Å². The number of hydrogen-bond donors (Lipinski definition) is 1. The van der Waals surface area contributed by atoms with Crippen molar-refractivity contribution in [3.63, 3.8) is 0 Å². The Balaban J connectivity index is 1.14. The number of nitrogens with zero attached hydrogens (tertiary/aromatic N) is 8. The van der Waals surface area contributed by atoms with Gasteiger partial charge < -0.3 is 20.1 Å². The summed E-state index contributed by atoms with van der Waals surface area (Å²) in [5, 5.41) is 4.18. The number of anilines is 1. The average Bonchev–Trinajstić information content (AvgIpc) is 3.68. The van der Waals surface area contributed by atoms with Crippen LogP contribution >= 0.6 is 0 Å². The van der Waals surface area contributed by atoms with Crippen LogP contribution in [0.3, 0.4) is 0 Å².